The van der Waals surface area contributed by atoms with Gasteiger partial charge in [0, 0.05) is 21.9 Å². The molecule has 104 valence electrons. The first kappa shape index (κ1) is 13.0. The van der Waals surface area contributed by atoms with Gasteiger partial charge < -0.3 is 5.11 Å². The summed E-state index contributed by atoms with van der Waals surface area (Å²) >= 11 is 7.62. The second kappa shape index (κ2) is 4.95. The van der Waals surface area contributed by atoms with E-state index in [1.54, 1.807) is 11.3 Å². The smallest absolute Gasteiger partial charge is 0.131 e. The van der Waals surface area contributed by atoms with Crippen molar-refractivity contribution < 1.29 is 5.11 Å². The number of thiazole rings is 1. The Hall–Kier alpha value is -1.68. The van der Waals surface area contributed by atoms with Crippen LogP contribution >= 0.6 is 22.9 Å². The normalized spacial score (nSPS) is 13.8. The predicted molar refractivity (Wildman–Crippen MR) is 85.9 cm³/mol. The fourth-order valence-corrected chi connectivity index (χ4v) is 4.02. The van der Waals surface area contributed by atoms with E-state index in [0.29, 0.717) is 0 Å². The van der Waals surface area contributed by atoms with Crippen LogP contribution in [0.2, 0.25) is 5.02 Å². The third-order valence-corrected chi connectivity index (χ3v) is 5.08. The Labute approximate surface area is 131 Å². The fraction of sp³-hybridized carbons (Fsp3) is 0.118. The minimum absolute atomic E-state index is 0.655. The van der Waals surface area contributed by atoms with Gasteiger partial charge in [0.25, 0.3) is 0 Å². The van der Waals surface area contributed by atoms with Crippen LogP contribution in [0.5, 0.6) is 0 Å². The maximum absolute atomic E-state index is 10.5. The average molecular weight is 314 g/mol. The molecule has 1 aliphatic rings. The molecule has 0 radical (unpaired) electrons. The third kappa shape index (κ3) is 2.18. The summed E-state index contributed by atoms with van der Waals surface area (Å²) in [6, 6.07) is 15.5. The summed E-state index contributed by atoms with van der Waals surface area (Å²) in [6.07, 6.45) is 0.197. The zero-order chi connectivity index (χ0) is 14.4. The lowest BCUT2D eigenvalue weighted by molar-refractivity contribution is 0.220. The van der Waals surface area contributed by atoms with Crippen LogP contribution in [0.1, 0.15) is 27.1 Å². The minimum atomic E-state index is -0.655. The molecular formula is C17H12ClNOS. The number of aliphatic hydroxyl groups is 1. The van der Waals surface area contributed by atoms with Crippen molar-refractivity contribution in [3.05, 3.63) is 74.6 Å². The van der Waals surface area contributed by atoms with Gasteiger partial charge >= 0.3 is 0 Å². The van der Waals surface area contributed by atoms with Crippen molar-refractivity contribution in [3.63, 3.8) is 0 Å². The Morgan fingerprint density at radius 3 is 2.76 bits per heavy atom. The predicted octanol–water partition coefficient (Wildman–Crippen LogP) is 4.45. The van der Waals surface area contributed by atoms with Crippen molar-refractivity contribution in [1.29, 1.82) is 0 Å². The Bertz CT molecular complexity index is 813. The van der Waals surface area contributed by atoms with Crippen molar-refractivity contribution in [1.82, 2.24) is 4.98 Å². The van der Waals surface area contributed by atoms with Crippen LogP contribution in [-0.4, -0.2) is 10.1 Å². The molecule has 0 saturated carbocycles. The van der Waals surface area contributed by atoms with E-state index in [2.05, 4.69) is 4.98 Å². The highest BCUT2D eigenvalue weighted by atomic mass is 35.5. The lowest BCUT2D eigenvalue weighted by Gasteiger charge is -2.07. The quantitative estimate of drug-likeness (QED) is 0.593. The van der Waals surface area contributed by atoms with Gasteiger partial charge in [0.15, 0.2) is 0 Å². The number of nitrogens with zero attached hydrogens (tertiary/aromatic N) is 1. The first-order valence-electron chi connectivity index (χ1n) is 6.74. The number of hydrogen-bond donors (Lipinski definition) is 1. The second-order valence-corrected chi connectivity index (χ2v) is 6.67. The average Bonchev–Trinajstić information content (AvgIpc) is 3.04. The topological polar surface area (TPSA) is 33.1 Å². The van der Waals surface area contributed by atoms with Crippen LogP contribution in [0.4, 0.5) is 0 Å². The SMILES string of the molecule is OC(c1ccccc1)c1nc2c(s1)Cc1cc(Cl)ccc1-2. The van der Waals surface area contributed by atoms with Gasteiger partial charge in [-0.2, -0.15) is 0 Å². The second-order valence-electron chi connectivity index (χ2n) is 5.12. The zero-order valence-electron chi connectivity index (χ0n) is 11.1. The van der Waals surface area contributed by atoms with Crippen LogP contribution in [-0.2, 0) is 6.42 Å². The molecule has 1 N–H and O–H groups in total. The molecule has 21 heavy (non-hydrogen) atoms. The van der Waals surface area contributed by atoms with Crippen molar-refractivity contribution in [2.45, 2.75) is 12.5 Å². The molecule has 1 atom stereocenters. The largest absolute Gasteiger partial charge is 0.381 e. The maximum Gasteiger partial charge on any atom is 0.131 e. The van der Waals surface area contributed by atoms with Gasteiger partial charge in [-0.25, -0.2) is 4.98 Å². The summed E-state index contributed by atoms with van der Waals surface area (Å²) in [4.78, 5) is 5.87. The molecule has 1 aliphatic carbocycles. The Morgan fingerprint density at radius 1 is 1.14 bits per heavy atom. The number of hydrogen-bond acceptors (Lipinski definition) is 3. The van der Waals surface area contributed by atoms with E-state index in [0.717, 1.165) is 33.3 Å². The fourth-order valence-electron chi connectivity index (χ4n) is 2.71. The lowest BCUT2D eigenvalue weighted by Crippen LogP contribution is -1.98. The van der Waals surface area contributed by atoms with Gasteiger partial charge in [-0.15, -0.1) is 11.3 Å². The first-order chi connectivity index (χ1) is 10.2. The van der Waals surface area contributed by atoms with E-state index in [9.17, 15) is 5.11 Å². The summed E-state index contributed by atoms with van der Waals surface area (Å²) in [5, 5.41) is 12.0. The maximum atomic E-state index is 10.5. The van der Waals surface area contributed by atoms with Gasteiger partial charge in [-0.05, 0) is 23.3 Å². The van der Waals surface area contributed by atoms with Gasteiger partial charge in [-0.1, -0.05) is 48.0 Å². The molecule has 4 rings (SSSR count). The number of halogens is 1. The van der Waals surface area contributed by atoms with E-state index in [1.807, 2.05) is 48.5 Å². The van der Waals surface area contributed by atoms with E-state index >= 15 is 0 Å². The molecular weight excluding hydrogens is 302 g/mol. The van der Waals surface area contributed by atoms with E-state index in [-0.39, 0.29) is 0 Å². The van der Waals surface area contributed by atoms with Crippen LogP contribution in [0, 0.1) is 0 Å². The van der Waals surface area contributed by atoms with Gasteiger partial charge in [0.05, 0.1) is 5.69 Å². The molecule has 0 fully saturated rings. The summed E-state index contributed by atoms with van der Waals surface area (Å²) < 4.78 is 0. The number of benzene rings is 2. The molecule has 0 amide bonds. The molecule has 4 heteroatoms. The molecule has 2 nitrogen and oxygen atoms in total. The monoisotopic (exact) mass is 313 g/mol. The lowest BCUT2D eigenvalue weighted by atomic mass is 10.1. The molecule has 0 spiro atoms. The Morgan fingerprint density at radius 2 is 1.95 bits per heavy atom. The molecule has 0 bridgehead atoms. The van der Waals surface area contributed by atoms with E-state index in [1.165, 1.54) is 10.4 Å². The van der Waals surface area contributed by atoms with Crippen molar-refractivity contribution in [3.8, 4) is 11.3 Å². The van der Waals surface area contributed by atoms with E-state index < -0.39 is 6.10 Å². The molecule has 3 aromatic rings. The molecule has 1 unspecified atom stereocenters. The molecule has 1 heterocycles. The van der Waals surface area contributed by atoms with Crippen LogP contribution in [0.3, 0.4) is 0 Å². The zero-order valence-corrected chi connectivity index (χ0v) is 12.7. The highest BCUT2D eigenvalue weighted by molar-refractivity contribution is 7.12. The summed E-state index contributed by atoms with van der Waals surface area (Å²) in [6.45, 7) is 0. The highest BCUT2D eigenvalue weighted by Gasteiger charge is 2.26. The van der Waals surface area contributed by atoms with Gasteiger partial charge in [-0.3, -0.25) is 0 Å². The van der Waals surface area contributed by atoms with E-state index in [4.69, 9.17) is 11.6 Å². The minimum Gasteiger partial charge on any atom is -0.381 e. The van der Waals surface area contributed by atoms with Crippen LogP contribution < -0.4 is 0 Å². The van der Waals surface area contributed by atoms with Crippen molar-refractivity contribution >= 4 is 22.9 Å². The molecule has 1 aromatic heterocycles. The summed E-state index contributed by atoms with van der Waals surface area (Å²) in [5.41, 5.74) is 4.23. The molecule has 2 aromatic carbocycles. The Kier molecular flexibility index (Phi) is 3.07. The van der Waals surface area contributed by atoms with Crippen LogP contribution in [0.25, 0.3) is 11.3 Å². The molecule has 0 aliphatic heterocycles. The van der Waals surface area contributed by atoms with Gasteiger partial charge in [0.1, 0.15) is 11.1 Å². The summed E-state index contributed by atoms with van der Waals surface area (Å²) in [7, 11) is 0. The van der Waals surface area contributed by atoms with Gasteiger partial charge in [0.2, 0.25) is 0 Å². The summed E-state index contributed by atoms with van der Waals surface area (Å²) in [5.74, 6) is 0. The standard InChI is InChI=1S/C17H12ClNOS/c18-12-6-7-13-11(8-12)9-14-15(13)19-17(21-14)16(20)10-4-2-1-3-5-10/h1-8,16,20H,9H2. The number of fused-ring (bicyclic) bond motifs is 3. The van der Waals surface area contributed by atoms with Crippen molar-refractivity contribution in [2.24, 2.45) is 0 Å². The first-order valence-corrected chi connectivity index (χ1v) is 7.93. The number of rotatable bonds is 2. The number of aromatic nitrogens is 1. The third-order valence-electron chi connectivity index (χ3n) is 3.74. The number of aliphatic hydroxyl groups excluding tert-OH is 1. The highest BCUT2D eigenvalue weighted by Crippen LogP contribution is 2.42. The molecule has 0 saturated heterocycles. The Balaban J connectivity index is 1.74. The van der Waals surface area contributed by atoms with Crippen LogP contribution in [0.15, 0.2) is 48.5 Å². The van der Waals surface area contributed by atoms with Crippen molar-refractivity contribution in [2.75, 3.05) is 0 Å².